The topological polar surface area (TPSA) is 16.1 Å². The molecule has 2 nitrogen and oxygen atoms in total. The minimum absolute atomic E-state index is 0.533. The van der Waals surface area contributed by atoms with E-state index in [2.05, 4.69) is 37.1 Å². The highest BCUT2D eigenvalue weighted by Gasteiger charge is 2.23. The summed E-state index contributed by atoms with van der Waals surface area (Å²) in [6, 6.07) is 11.0. The van der Waals surface area contributed by atoms with Crippen molar-refractivity contribution < 1.29 is 0 Å². The number of anilines is 1. The van der Waals surface area contributed by atoms with Crippen LogP contribution in [-0.4, -0.2) is 18.1 Å². The lowest BCUT2D eigenvalue weighted by molar-refractivity contribution is 0.335. The lowest BCUT2D eigenvalue weighted by Gasteiger charge is -2.35. The van der Waals surface area contributed by atoms with Crippen LogP contribution in [0.2, 0.25) is 0 Å². The SMILES string of the molecule is CC1CCCC(N(C)c2cc(CCl)c3ccccc3n2)C1. The molecular formula is C18H23ClN2. The summed E-state index contributed by atoms with van der Waals surface area (Å²) in [6.45, 7) is 2.36. The van der Waals surface area contributed by atoms with Crippen molar-refractivity contribution in [3.05, 3.63) is 35.9 Å². The Balaban J connectivity index is 1.95. The van der Waals surface area contributed by atoms with Crippen molar-refractivity contribution >= 4 is 28.3 Å². The maximum absolute atomic E-state index is 6.15. The molecule has 3 rings (SSSR count). The van der Waals surface area contributed by atoms with E-state index in [0.717, 1.165) is 17.3 Å². The lowest BCUT2D eigenvalue weighted by atomic mass is 9.86. The predicted octanol–water partition coefficient (Wildman–Crippen LogP) is 4.99. The second-order valence-electron chi connectivity index (χ2n) is 6.33. The summed E-state index contributed by atoms with van der Waals surface area (Å²) in [5.74, 6) is 2.41. The van der Waals surface area contributed by atoms with Gasteiger partial charge in [0.25, 0.3) is 0 Å². The van der Waals surface area contributed by atoms with Crippen LogP contribution in [0.1, 0.15) is 38.2 Å². The molecule has 1 fully saturated rings. The summed E-state index contributed by atoms with van der Waals surface area (Å²) >= 11 is 6.15. The maximum Gasteiger partial charge on any atom is 0.129 e. The molecule has 21 heavy (non-hydrogen) atoms. The van der Waals surface area contributed by atoms with Gasteiger partial charge in [0.05, 0.1) is 5.52 Å². The van der Waals surface area contributed by atoms with Crippen LogP contribution < -0.4 is 4.90 Å². The average Bonchev–Trinajstić information content (AvgIpc) is 2.53. The van der Waals surface area contributed by atoms with Crippen LogP contribution in [0.25, 0.3) is 10.9 Å². The molecule has 1 saturated carbocycles. The number of fused-ring (bicyclic) bond motifs is 1. The summed E-state index contributed by atoms with van der Waals surface area (Å²) in [6.07, 6.45) is 5.22. The van der Waals surface area contributed by atoms with Crippen LogP contribution in [0.5, 0.6) is 0 Å². The van der Waals surface area contributed by atoms with Gasteiger partial charge in [-0.15, -0.1) is 11.6 Å². The van der Waals surface area contributed by atoms with Crippen molar-refractivity contribution in [3.8, 4) is 0 Å². The summed E-state index contributed by atoms with van der Waals surface area (Å²) < 4.78 is 0. The van der Waals surface area contributed by atoms with Gasteiger partial charge in [0.2, 0.25) is 0 Å². The third-order valence-electron chi connectivity index (χ3n) is 4.75. The van der Waals surface area contributed by atoms with Gasteiger partial charge in [0.1, 0.15) is 5.82 Å². The monoisotopic (exact) mass is 302 g/mol. The number of halogens is 1. The molecule has 0 bridgehead atoms. The second-order valence-corrected chi connectivity index (χ2v) is 6.59. The van der Waals surface area contributed by atoms with E-state index in [1.54, 1.807) is 0 Å². The molecule has 3 heteroatoms. The molecule has 2 unspecified atom stereocenters. The van der Waals surface area contributed by atoms with Gasteiger partial charge in [-0.1, -0.05) is 38.0 Å². The molecule has 0 aliphatic heterocycles. The van der Waals surface area contributed by atoms with Crippen LogP contribution in [0, 0.1) is 5.92 Å². The lowest BCUT2D eigenvalue weighted by Crippen LogP contribution is -2.36. The Kier molecular flexibility index (Phi) is 4.34. The van der Waals surface area contributed by atoms with Crippen LogP contribution in [0.15, 0.2) is 30.3 Å². The number of alkyl halides is 1. The molecular weight excluding hydrogens is 280 g/mol. The van der Waals surface area contributed by atoms with Crippen LogP contribution in [0.3, 0.4) is 0 Å². The number of pyridine rings is 1. The number of aromatic nitrogens is 1. The average molecular weight is 303 g/mol. The molecule has 0 saturated heterocycles. The van der Waals surface area contributed by atoms with Crippen LogP contribution >= 0.6 is 11.6 Å². The Labute approximate surface area is 132 Å². The Morgan fingerprint density at radius 1 is 1.29 bits per heavy atom. The second kappa shape index (κ2) is 6.23. The third kappa shape index (κ3) is 3.01. The fourth-order valence-electron chi connectivity index (χ4n) is 3.46. The molecule has 0 amide bonds. The molecule has 0 spiro atoms. The van der Waals surface area contributed by atoms with Crippen molar-refractivity contribution in [1.82, 2.24) is 4.98 Å². The normalized spacial score (nSPS) is 22.4. The number of hydrogen-bond acceptors (Lipinski definition) is 2. The van der Waals surface area contributed by atoms with E-state index in [1.807, 2.05) is 12.1 Å². The van der Waals surface area contributed by atoms with Crippen molar-refractivity contribution in [3.63, 3.8) is 0 Å². The summed E-state index contributed by atoms with van der Waals surface area (Å²) in [4.78, 5) is 7.21. The van der Waals surface area contributed by atoms with E-state index >= 15 is 0 Å². The van der Waals surface area contributed by atoms with Gasteiger partial charge in [-0.05, 0) is 36.5 Å². The van der Waals surface area contributed by atoms with Crippen LogP contribution in [-0.2, 0) is 5.88 Å². The third-order valence-corrected chi connectivity index (χ3v) is 5.04. The van der Waals surface area contributed by atoms with Gasteiger partial charge in [-0.2, -0.15) is 0 Å². The van der Waals surface area contributed by atoms with E-state index in [1.165, 1.54) is 36.6 Å². The number of hydrogen-bond donors (Lipinski definition) is 0. The summed E-state index contributed by atoms with van der Waals surface area (Å²) in [5.41, 5.74) is 2.22. The summed E-state index contributed by atoms with van der Waals surface area (Å²) in [5, 5.41) is 1.17. The maximum atomic E-state index is 6.15. The first-order chi connectivity index (χ1) is 10.2. The largest absolute Gasteiger partial charge is 0.357 e. The Hall–Kier alpha value is -1.28. The standard InChI is InChI=1S/C18H23ClN2/c1-13-6-5-7-15(10-13)21(2)18-11-14(12-19)16-8-3-4-9-17(16)20-18/h3-4,8-9,11,13,15H,5-7,10,12H2,1-2H3. The smallest absolute Gasteiger partial charge is 0.129 e. The van der Waals surface area contributed by atoms with Gasteiger partial charge in [0.15, 0.2) is 0 Å². The number of para-hydroxylation sites is 1. The van der Waals surface area contributed by atoms with Crippen LogP contribution in [0.4, 0.5) is 5.82 Å². The number of nitrogens with zero attached hydrogens (tertiary/aromatic N) is 2. The van der Waals surface area contributed by atoms with Gasteiger partial charge in [-0.25, -0.2) is 4.98 Å². The van der Waals surface area contributed by atoms with Crippen molar-refractivity contribution in [1.29, 1.82) is 0 Å². The fraction of sp³-hybridized carbons (Fsp3) is 0.500. The molecule has 1 aromatic carbocycles. The predicted molar refractivity (Wildman–Crippen MR) is 91.1 cm³/mol. The Bertz CT molecular complexity index is 626. The number of benzene rings is 1. The Morgan fingerprint density at radius 2 is 2.10 bits per heavy atom. The van der Waals surface area contributed by atoms with E-state index < -0.39 is 0 Å². The minimum atomic E-state index is 0.533. The molecule has 1 heterocycles. The van der Waals surface area contributed by atoms with Crippen molar-refractivity contribution in [2.24, 2.45) is 5.92 Å². The van der Waals surface area contributed by atoms with E-state index in [9.17, 15) is 0 Å². The molecule has 2 atom stereocenters. The zero-order valence-electron chi connectivity index (χ0n) is 12.8. The Morgan fingerprint density at radius 3 is 2.86 bits per heavy atom. The highest BCUT2D eigenvalue weighted by molar-refractivity contribution is 6.18. The van der Waals surface area contributed by atoms with Crippen molar-refractivity contribution in [2.75, 3.05) is 11.9 Å². The number of rotatable bonds is 3. The molecule has 2 aromatic rings. The highest BCUT2D eigenvalue weighted by atomic mass is 35.5. The zero-order chi connectivity index (χ0) is 14.8. The first kappa shape index (κ1) is 14.6. The van der Waals surface area contributed by atoms with Gasteiger partial charge in [-0.3, -0.25) is 0 Å². The molecule has 1 aliphatic rings. The molecule has 0 N–H and O–H groups in total. The first-order valence-electron chi connectivity index (χ1n) is 7.86. The quantitative estimate of drug-likeness (QED) is 0.743. The molecule has 1 aliphatic carbocycles. The first-order valence-corrected chi connectivity index (χ1v) is 8.40. The molecule has 0 radical (unpaired) electrons. The molecule has 1 aromatic heterocycles. The fourth-order valence-corrected chi connectivity index (χ4v) is 3.69. The zero-order valence-corrected chi connectivity index (χ0v) is 13.6. The van der Waals surface area contributed by atoms with Gasteiger partial charge < -0.3 is 4.90 Å². The van der Waals surface area contributed by atoms with Gasteiger partial charge >= 0.3 is 0 Å². The van der Waals surface area contributed by atoms with E-state index in [0.29, 0.717) is 11.9 Å². The summed E-state index contributed by atoms with van der Waals surface area (Å²) in [7, 11) is 2.18. The minimum Gasteiger partial charge on any atom is -0.357 e. The highest BCUT2D eigenvalue weighted by Crippen LogP contribution is 2.31. The molecule has 112 valence electrons. The van der Waals surface area contributed by atoms with E-state index in [4.69, 9.17) is 16.6 Å². The van der Waals surface area contributed by atoms with Crippen molar-refractivity contribution in [2.45, 2.75) is 44.5 Å². The van der Waals surface area contributed by atoms with Gasteiger partial charge in [0, 0.05) is 24.4 Å². The van der Waals surface area contributed by atoms with E-state index in [-0.39, 0.29) is 0 Å².